The summed E-state index contributed by atoms with van der Waals surface area (Å²) in [5, 5.41) is 4.15. The van der Waals surface area contributed by atoms with Crippen LogP contribution in [0.1, 0.15) is 37.3 Å². The van der Waals surface area contributed by atoms with Crippen LogP contribution >= 0.6 is 11.9 Å². The Morgan fingerprint density at radius 1 is 1.00 bits per heavy atom. The smallest absolute Gasteiger partial charge is 0.321 e. The van der Waals surface area contributed by atoms with Crippen molar-refractivity contribution in [2.75, 3.05) is 55.7 Å². The molecule has 0 atom stereocenters. The van der Waals surface area contributed by atoms with Gasteiger partial charge in [0.15, 0.2) is 0 Å². The Morgan fingerprint density at radius 2 is 1.76 bits per heavy atom. The first-order valence-corrected chi connectivity index (χ1v) is 14.5. The Balaban J connectivity index is 1.05. The molecule has 9 heteroatoms. The quantitative estimate of drug-likeness (QED) is 0.461. The van der Waals surface area contributed by atoms with E-state index in [9.17, 15) is 4.79 Å². The van der Waals surface area contributed by atoms with Crippen molar-refractivity contribution in [2.45, 2.75) is 37.7 Å². The molecular weight excluding hydrogens is 484 g/mol. The van der Waals surface area contributed by atoms with E-state index in [1.54, 1.807) is 18.3 Å². The summed E-state index contributed by atoms with van der Waals surface area (Å²) < 4.78 is 8.41. The molecule has 3 aromatic rings. The van der Waals surface area contributed by atoms with E-state index in [2.05, 4.69) is 48.9 Å². The van der Waals surface area contributed by atoms with Crippen LogP contribution in [0, 0.1) is 0 Å². The van der Waals surface area contributed by atoms with E-state index in [0.29, 0.717) is 19.0 Å². The summed E-state index contributed by atoms with van der Waals surface area (Å²) in [5.41, 5.74) is 4.07. The molecule has 194 valence electrons. The lowest BCUT2D eigenvalue weighted by atomic mass is 9.91. The molecule has 0 spiro atoms. The number of hydrogen-bond donors (Lipinski definition) is 1. The van der Waals surface area contributed by atoms with Crippen molar-refractivity contribution in [3.63, 3.8) is 0 Å². The molecule has 2 aromatic carbocycles. The number of likely N-dealkylation sites (tertiary alicyclic amines) is 1. The van der Waals surface area contributed by atoms with Crippen molar-refractivity contribution in [1.29, 1.82) is 0 Å². The Bertz CT molecular complexity index is 1240. The predicted molar refractivity (Wildman–Crippen MR) is 149 cm³/mol. The highest BCUT2D eigenvalue weighted by Crippen LogP contribution is 2.33. The molecule has 0 aliphatic carbocycles. The summed E-state index contributed by atoms with van der Waals surface area (Å²) in [6.07, 6.45) is 8.28. The molecule has 0 bridgehead atoms. The summed E-state index contributed by atoms with van der Waals surface area (Å²) in [4.78, 5) is 26.4. The molecule has 0 saturated carbocycles. The van der Waals surface area contributed by atoms with E-state index in [1.165, 1.54) is 18.5 Å². The van der Waals surface area contributed by atoms with Crippen LogP contribution in [0.2, 0.25) is 0 Å². The van der Waals surface area contributed by atoms with Gasteiger partial charge in [0, 0.05) is 68.0 Å². The van der Waals surface area contributed by atoms with Crippen molar-refractivity contribution in [3.05, 3.63) is 54.5 Å². The molecule has 6 rings (SSSR count). The number of hydrogen-bond acceptors (Lipinski definition) is 7. The van der Waals surface area contributed by atoms with E-state index in [4.69, 9.17) is 4.74 Å². The summed E-state index contributed by atoms with van der Waals surface area (Å²) >= 11 is 1.76. The zero-order valence-corrected chi connectivity index (χ0v) is 22.1. The van der Waals surface area contributed by atoms with Crippen LogP contribution in [-0.4, -0.2) is 76.8 Å². The third kappa shape index (κ3) is 5.33. The summed E-state index contributed by atoms with van der Waals surface area (Å²) in [5.74, 6) is 1.17. The maximum atomic E-state index is 12.9. The Morgan fingerprint density at radius 3 is 2.49 bits per heavy atom. The third-order valence-electron chi connectivity index (χ3n) is 7.77. The normalized spacial score (nSPS) is 19.3. The number of ether oxygens (including phenoxy) is 1. The van der Waals surface area contributed by atoms with Crippen molar-refractivity contribution in [1.82, 2.24) is 19.2 Å². The second-order valence-electron chi connectivity index (χ2n) is 10.1. The number of anilines is 2. The lowest BCUT2D eigenvalue weighted by Crippen LogP contribution is -2.49. The molecule has 3 fully saturated rings. The highest BCUT2D eigenvalue weighted by atomic mass is 32.2. The van der Waals surface area contributed by atoms with Gasteiger partial charge in [-0.3, -0.25) is 0 Å². The molecule has 1 N–H and O–H groups in total. The van der Waals surface area contributed by atoms with Gasteiger partial charge in [-0.1, -0.05) is 11.9 Å². The number of nitrogens with zero attached hydrogens (tertiary/aromatic N) is 5. The van der Waals surface area contributed by atoms with Crippen LogP contribution in [0.5, 0.6) is 5.75 Å². The van der Waals surface area contributed by atoms with Gasteiger partial charge in [-0.05, 0) is 68.3 Å². The number of benzene rings is 2. The van der Waals surface area contributed by atoms with E-state index in [-0.39, 0.29) is 12.1 Å². The number of nitrogens with one attached hydrogen (secondary N) is 1. The van der Waals surface area contributed by atoms with Crippen molar-refractivity contribution < 1.29 is 9.53 Å². The number of amides is 2. The van der Waals surface area contributed by atoms with Crippen molar-refractivity contribution in [3.8, 4) is 5.75 Å². The third-order valence-corrected chi connectivity index (χ3v) is 8.59. The van der Waals surface area contributed by atoms with Gasteiger partial charge in [0.25, 0.3) is 0 Å². The van der Waals surface area contributed by atoms with Gasteiger partial charge in [-0.25, -0.2) is 19.1 Å². The number of aromatic nitrogens is 2. The van der Waals surface area contributed by atoms with Crippen molar-refractivity contribution >= 4 is 40.3 Å². The maximum absolute atomic E-state index is 12.9. The predicted octanol–water partition coefficient (Wildman–Crippen LogP) is 4.98. The van der Waals surface area contributed by atoms with Crippen LogP contribution in [0.4, 0.5) is 16.2 Å². The highest BCUT2D eigenvalue weighted by Gasteiger charge is 2.29. The number of carbonyl (C=O) groups is 1. The summed E-state index contributed by atoms with van der Waals surface area (Å²) in [6, 6.07) is 14.4. The fourth-order valence-electron chi connectivity index (χ4n) is 5.56. The molecule has 8 nitrogen and oxygen atoms in total. The van der Waals surface area contributed by atoms with Gasteiger partial charge < -0.3 is 19.9 Å². The van der Waals surface area contributed by atoms with E-state index in [1.807, 2.05) is 29.2 Å². The first-order valence-electron chi connectivity index (χ1n) is 13.3. The van der Waals surface area contributed by atoms with E-state index < -0.39 is 0 Å². The molecule has 3 aliphatic rings. The van der Waals surface area contributed by atoms with Gasteiger partial charge in [0.05, 0.1) is 11.2 Å². The molecule has 2 amide bonds. The zero-order valence-electron chi connectivity index (χ0n) is 21.3. The van der Waals surface area contributed by atoms with E-state index >= 15 is 0 Å². The monoisotopic (exact) mass is 518 g/mol. The fraction of sp³-hybridized carbons (Fsp3) is 0.464. The molecule has 0 unspecified atom stereocenters. The van der Waals surface area contributed by atoms with Crippen LogP contribution in [0.15, 0.2) is 48.8 Å². The molecule has 3 saturated heterocycles. The minimum atomic E-state index is -0.0299. The van der Waals surface area contributed by atoms with Gasteiger partial charge in [-0.15, -0.1) is 0 Å². The topological polar surface area (TPSA) is 73.8 Å². The van der Waals surface area contributed by atoms with Gasteiger partial charge in [0.2, 0.25) is 0 Å². The fourth-order valence-corrected chi connectivity index (χ4v) is 6.19. The number of carbonyl (C=O) groups excluding carboxylic acids is 1. The van der Waals surface area contributed by atoms with Crippen LogP contribution < -0.4 is 15.0 Å². The standard InChI is InChI=1S/C28H34N6O2S/c1-37-34-17-24(18-34)36-23-8-9-25-26(16-23)29-19-30-27(25)20-10-14-33(15-11-20)28(35)31-21-4-6-22(7-5-21)32-12-2-3-13-32/h4-9,16,19-20,24H,2-3,10-15,17-18H2,1H3,(H,31,35). The minimum absolute atomic E-state index is 0.0299. The Hall–Kier alpha value is -3.04. The largest absolute Gasteiger partial charge is 0.488 e. The summed E-state index contributed by atoms with van der Waals surface area (Å²) in [6.45, 7) is 5.56. The number of fused-ring (bicyclic) bond motifs is 1. The van der Waals surface area contributed by atoms with Gasteiger partial charge in [0.1, 0.15) is 18.2 Å². The number of urea groups is 1. The van der Waals surface area contributed by atoms with Gasteiger partial charge >= 0.3 is 6.03 Å². The average Bonchev–Trinajstić information content (AvgIpc) is 3.46. The second kappa shape index (κ2) is 10.8. The second-order valence-corrected chi connectivity index (χ2v) is 11.0. The Labute approximate surface area is 222 Å². The van der Waals surface area contributed by atoms with E-state index in [0.717, 1.165) is 67.1 Å². The molecule has 3 aliphatic heterocycles. The SMILES string of the molecule is CSN1CC(Oc2ccc3c(C4CCN(C(=O)Nc5ccc(N6CCCC6)cc5)CC4)ncnc3c2)C1. The van der Waals surface area contributed by atoms with Crippen molar-refractivity contribution in [2.24, 2.45) is 0 Å². The molecular formula is C28H34N6O2S. The lowest BCUT2D eigenvalue weighted by molar-refractivity contribution is 0.0841. The lowest BCUT2D eigenvalue weighted by Gasteiger charge is -2.37. The number of piperidine rings is 1. The van der Waals surface area contributed by atoms with Crippen LogP contribution in [-0.2, 0) is 0 Å². The highest BCUT2D eigenvalue weighted by molar-refractivity contribution is 7.96. The van der Waals surface area contributed by atoms with Crippen LogP contribution in [0.3, 0.4) is 0 Å². The first kappa shape index (κ1) is 24.3. The minimum Gasteiger partial charge on any atom is -0.488 e. The molecule has 1 aromatic heterocycles. The molecule has 37 heavy (non-hydrogen) atoms. The zero-order chi connectivity index (χ0) is 25.2. The summed E-state index contributed by atoms with van der Waals surface area (Å²) in [7, 11) is 0. The van der Waals surface area contributed by atoms with Gasteiger partial charge in [-0.2, -0.15) is 0 Å². The average molecular weight is 519 g/mol. The molecule has 4 heterocycles. The number of rotatable bonds is 6. The van der Waals surface area contributed by atoms with Crippen LogP contribution in [0.25, 0.3) is 10.9 Å². The first-order chi connectivity index (χ1) is 18.2. The Kier molecular flexibility index (Phi) is 7.06. The maximum Gasteiger partial charge on any atom is 0.321 e. The molecule has 0 radical (unpaired) electrons.